The summed E-state index contributed by atoms with van der Waals surface area (Å²) in [5.41, 5.74) is 7.63. The van der Waals surface area contributed by atoms with Gasteiger partial charge in [-0.25, -0.2) is 4.39 Å². The molecular weight excluding hydrogens is 181 g/mol. The summed E-state index contributed by atoms with van der Waals surface area (Å²) < 4.78 is 13.1. The zero-order valence-corrected chi connectivity index (χ0v) is 8.71. The van der Waals surface area contributed by atoms with Crippen molar-refractivity contribution >= 4 is 0 Å². The second kappa shape index (κ2) is 4.07. The number of hydrogen-bond donors (Lipinski definition) is 2. The molecule has 2 unspecified atom stereocenters. The number of halogens is 1. The van der Waals surface area contributed by atoms with Crippen LogP contribution in [0.3, 0.4) is 0 Å². The molecule has 0 saturated carbocycles. The first-order valence-electron chi connectivity index (χ1n) is 4.64. The van der Waals surface area contributed by atoms with E-state index in [1.54, 1.807) is 26.8 Å². The standard InChI is InChI=1S/C11H16FNO/c1-6-7(2)10(12)5-4-9(6)11(14)8(3)13/h4-5,8,11,14H,13H2,1-3H3. The van der Waals surface area contributed by atoms with Crippen LogP contribution in [0.1, 0.15) is 29.7 Å². The van der Waals surface area contributed by atoms with Gasteiger partial charge in [0.2, 0.25) is 0 Å². The van der Waals surface area contributed by atoms with Crippen molar-refractivity contribution in [1.29, 1.82) is 0 Å². The molecule has 0 aromatic heterocycles. The summed E-state index contributed by atoms with van der Waals surface area (Å²) in [5, 5.41) is 9.75. The molecule has 1 aromatic carbocycles. The fraction of sp³-hybridized carbons (Fsp3) is 0.455. The summed E-state index contributed by atoms with van der Waals surface area (Å²) in [4.78, 5) is 0. The fourth-order valence-corrected chi connectivity index (χ4v) is 1.41. The molecule has 0 bridgehead atoms. The maximum atomic E-state index is 13.1. The summed E-state index contributed by atoms with van der Waals surface area (Å²) in [6.45, 7) is 5.21. The molecule has 0 amide bonds. The van der Waals surface area contributed by atoms with Gasteiger partial charge in [0.15, 0.2) is 0 Å². The van der Waals surface area contributed by atoms with Gasteiger partial charge < -0.3 is 10.8 Å². The summed E-state index contributed by atoms with van der Waals surface area (Å²) >= 11 is 0. The molecule has 14 heavy (non-hydrogen) atoms. The van der Waals surface area contributed by atoms with Gasteiger partial charge in [-0.1, -0.05) is 6.07 Å². The van der Waals surface area contributed by atoms with Crippen LogP contribution in [-0.4, -0.2) is 11.1 Å². The molecule has 0 fully saturated rings. The molecule has 2 nitrogen and oxygen atoms in total. The molecule has 0 heterocycles. The van der Waals surface area contributed by atoms with Crippen molar-refractivity contribution < 1.29 is 9.50 Å². The molecule has 1 rings (SSSR count). The third kappa shape index (κ3) is 1.94. The normalized spacial score (nSPS) is 15.3. The topological polar surface area (TPSA) is 46.2 Å². The van der Waals surface area contributed by atoms with Crippen LogP contribution >= 0.6 is 0 Å². The second-order valence-corrected chi connectivity index (χ2v) is 3.69. The van der Waals surface area contributed by atoms with Crippen molar-refractivity contribution in [2.24, 2.45) is 5.73 Å². The van der Waals surface area contributed by atoms with Crippen LogP contribution in [0.4, 0.5) is 4.39 Å². The Morgan fingerprint density at radius 3 is 2.36 bits per heavy atom. The van der Waals surface area contributed by atoms with Crippen molar-refractivity contribution in [2.45, 2.75) is 32.9 Å². The van der Waals surface area contributed by atoms with E-state index in [2.05, 4.69) is 0 Å². The van der Waals surface area contributed by atoms with Gasteiger partial charge in [-0.05, 0) is 43.5 Å². The minimum absolute atomic E-state index is 0.247. The van der Waals surface area contributed by atoms with E-state index in [0.29, 0.717) is 11.1 Å². The van der Waals surface area contributed by atoms with E-state index >= 15 is 0 Å². The number of rotatable bonds is 2. The Labute approximate surface area is 83.6 Å². The van der Waals surface area contributed by atoms with Gasteiger partial charge >= 0.3 is 0 Å². The van der Waals surface area contributed by atoms with E-state index in [4.69, 9.17) is 5.73 Å². The first kappa shape index (κ1) is 11.1. The predicted octanol–water partition coefficient (Wildman–Crippen LogP) is 1.82. The second-order valence-electron chi connectivity index (χ2n) is 3.69. The molecule has 2 atom stereocenters. The molecule has 1 aromatic rings. The smallest absolute Gasteiger partial charge is 0.126 e. The summed E-state index contributed by atoms with van der Waals surface area (Å²) in [5.74, 6) is -0.247. The van der Waals surface area contributed by atoms with Gasteiger partial charge in [0.25, 0.3) is 0 Å². The molecule has 0 spiro atoms. The lowest BCUT2D eigenvalue weighted by Crippen LogP contribution is -2.25. The highest BCUT2D eigenvalue weighted by atomic mass is 19.1. The predicted molar refractivity (Wildman–Crippen MR) is 54.5 cm³/mol. The summed E-state index contributed by atoms with van der Waals surface area (Å²) in [7, 11) is 0. The minimum atomic E-state index is -0.728. The van der Waals surface area contributed by atoms with Crippen LogP contribution in [0.15, 0.2) is 12.1 Å². The molecule has 0 aliphatic rings. The highest BCUT2D eigenvalue weighted by Gasteiger charge is 2.16. The fourth-order valence-electron chi connectivity index (χ4n) is 1.41. The van der Waals surface area contributed by atoms with Crippen LogP contribution in [0.2, 0.25) is 0 Å². The Bertz CT molecular complexity index is 336. The highest BCUT2D eigenvalue weighted by molar-refractivity contribution is 5.36. The van der Waals surface area contributed by atoms with Crippen LogP contribution in [0.25, 0.3) is 0 Å². The Balaban J connectivity index is 3.17. The maximum absolute atomic E-state index is 13.1. The Morgan fingerprint density at radius 1 is 1.29 bits per heavy atom. The minimum Gasteiger partial charge on any atom is -0.387 e. The van der Waals surface area contributed by atoms with E-state index in [1.165, 1.54) is 6.07 Å². The number of benzene rings is 1. The summed E-state index contributed by atoms with van der Waals surface area (Å²) in [6.07, 6.45) is -0.728. The molecule has 78 valence electrons. The average molecular weight is 197 g/mol. The molecule has 0 radical (unpaired) electrons. The van der Waals surface area contributed by atoms with Crippen molar-refractivity contribution in [3.05, 3.63) is 34.6 Å². The molecule has 3 heteroatoms. The molecule has 3 N–H and O–H groups in total. The molecule has 0 aliphatic heterocycles. The van der Waals surface area contributed by atoms with Gasteiger partial charge in [0, 0.05) is 6.04 Å². The van der Waals surface area contributed by atoms with Crippen molar-refractivity contribution in [1.82, 2.24) is 0 Å². The first-order valence-corrected chi connectivity index (χ1v) is 4.64. The van der Waals surface area contributed by atoms with Crippen molar-refractivity contribution in [3.63, 3.8) is 0 Å². The van der Waals surface area contributed by atoms with E-state index in [-0.39, 0.29) is 11.9 Å². The average Bonchev–Trinajstić information content (AvgIpc) is 2.13. The van der Waals surface area contributed by atoms with Crippen molar-refractivity contribution in [2.75, 3.05) is 0 Å². The lowest BCUT2D eigenvalue weighted by molar-refractivity contribution is 0.152. The van der Waals surface area contributed by atoms with Crippen LogP contribution in [-0.2, 0) is 0 Å². The zero-order chi connectivity index (χ0) is 10.9. The SMILES string of the molecule is Cc1c(F)ccc(C(O)C(C)N)c1C. The van der Waals surface area contributed by atoms with Gasteiger partial charge in [-0.2, -0.15) is 0 Å². The van der Waals surface area contributed by atoms with Gasteiger partial charge in [-0.15, -0.1) is 0 Å². The molecular formula is C11H16FNO. The Kier molecular flexibility index (Phi) is 3.24. The van der Waals surface area contributed by atoms with Gasteiger partial charge in [-0.3, -0.25) is 0 Å². The highest BCUT2D eigenvalue weighted by Crippen LogP contribution is 2.23. The number of hydrogen-bond acceptors (Lipinski definition) is 2. The Hall–Kier alpha value is -0.930. The van der Waals surface area contributed by atoms with E-state index < -0.39 is 6.10 Å². The monoisotopic (exact) mass is 197 g/mol. The number of nitrogens with two attached hydrogens (primary N) is 1. The number of aliphatic hydroxyl groups is 1. The maximum Gasteiger partial charge on any atom is 0.126 e. The van der Waals surface area contributed by atoms with Crippen molar-refractivity contribution in [3.8, 4) is 0 Å². The molecule has 0 aliphatic carbocycles. The van der Waals surface area contributed by atoms with E-state index in [1.807, 2.05) is 0 Å². The zero-order valence-electron chi connectivity index (χ0n) is 8.71. The quantitative estimate of drug-likeness (QED) is 0.759. The van der Waals surface area contributed by atoms with Crippen LogP contribution < -0.4 is 5.73 Å². The van der Waals surface area contributed by atoms with E-state index in [0.717, 1.165) is 5.56 Å². The third-order valence-electron chi connectivity index (χ3n) is 2.58. The largest absolute Gasteiger partial charge is 0.387 e. The van der Waals surface area contributed by atoms with Crippen LogP contribution in [0, 0.1) is 19.7 Å². The molecule has 0 saturated heterocycles. The Morgan fingerprint density at radius 2 is 1.86 bits per heavy atom. The summed E-state index contributed by atoms with van der Waals surface area (Å²) in [6, 6.07) is 2.60. The first-order chi connectivity index (χ1) is 6.45. The lowest BCUT2D eigenvalue weighted by Gasteiger charge is -2.18. The van der Waals surface area contributed by atoms with Gasteiger partial charge in [0.05, 0.1) is 6.10 Å². The number of aliphatic hydroxyl groups excluding tert-OH is 1. The third-order valence-corrected chi connectivity index (χ3v) is 2.58. The van der Waals surface area contributed by atoms with Gasteiger partial charge in [0.1, 0.15) is 5.82 Å². The van der Waals surface area contributed by atoms with Crippen LogP contribution in [0.5, 0.6) is 0 Å². The lowest BCUT2D eigenvalue weighted by atomic mass is 9.96. The van der Waals surface area contributed by atoms with E-state index in [9.17, 15) is 9.50 Å².